The van der Waals surface area contributed by atoms with Gasteiger partial charge in [0.05, 0.1) is 19.2 Å². The molecule has 3 rings (SSSR count). The SMILES string of the molecule is COc1ccc(CNC2CCN(C3CC3)C2)c(Cl)c1OC. The van der Waals surface area contributed by atoms with Crippen LogP contribution in [0.5, 0.6) is 11.5 Å². The maximum atomic E-state index is 6.41. The van der Waals surface area contributed by atoms with Crippen molar-refractivity contribution in [3.8, 4) is 11.5 Å². The van der Waals surface area contributed by atoms with Crippen LogP contribution in [-0.4, -0.2) is 44.3 Å². The van der Waals surface area contributed by atoms with E-state index in [0.717, 1.165) is 24.7 Å². The molecular weight excluding hydrogens is 288 g/mol. The fraction of sp³-hybridized carbons (Fsp3) is 0.625. The summed E-state index contributed by atoms with van der Waals surface area (Å²) in [5.41, 5.74) is 1.05. The molecule has 1 N–H and O–H groups in total. The van der Waals surface area contributed by atoms with Gasteiger partial charge in [0.15, 0.2) is 11.5 Å². The Morgan fingerprint density at radius 2 is 2.05 bits per heavy atom. The summed E-state index contributed by atoms with van der Waals surface area (Å²) in [7, 11) is 3.24. The molecule has 1 heterocycles. The van der Waals surface area contributed by atoms with E-state index in [2.05, 4.69) is 10.2 Å². The quantitative estimate of drug-likeness (QED) is 0.876. The Morgan fingerprint density at radius 1 is 1.24 bits per heavy atom. The zero-order valence-electron chi connectivity index (χ0n) is 12.7. The minimum absolute atomic E-state index is 0.565. The van der Waals surface area contributed by atoms with Crippen molar-refractivity contribution in [3.63, 3.8) is 0 Å². The summed E-state index contributed by atoms with van der Waals surface area (Å²) in [6.07, 6.45) is 3.99. The van der Waals surface area contributed by atoms with Crippen LogP contribution < -0.4 is 14.8 Å². The topological polar surface area (TPSA) is 33.7 Å². The average Bonchev–Trinajstić information content (AvgIpc) is 3.25. The van der Waals surface area contributed by atoms with E-state index in [0.29, 0.717) is 22.6 Å². The van der Waals surface area contributed by atoms with E-state index < -0.39 is 0 Å². The van der Waals surface area contributed by atoms with Crippen LogP contribution in [0.1, 0.15) is 24.8 Å². The third-order valence-corrected chi connectivity index (χ3v) is 4.84. The summed E-state index contributed by atoms with van der Waals surface area (Å²) >= 11 is 6.41. The van der Waals surface area contributed by atoms with E-state index in [1.54, 1.807) is 14.2 Å². The molecule has 0 aromatic heterocycles. The number of hydrogen-bond donors (Lipinski definition) is 1. The van der Waals surface area contributed by atoms with E-state index in [1.165, 1.54) is 25.8 Å². The molecule has 116 valence electrons. The van der Waals surface area contributed by atoms with Crippen molar-refractivity contribution < 1.29 is 9.47 Å². The Labute approximate surface area is 131 Å². The van der Waals surface area contributed by atoms with Crippen LogP contribution in [-0.2, 0) is 6.54 Å². The van der Waals surface area contributed by atoms with Gasteiger partial charge >= 0.3 is 0 Å². The van der Waals surface area contributed by atoms with Gasteiger partial charge < -0.3 is 14.8 Å². The van der Waals surface area contributed by atoms with Crippen LogP contribution in [0.4, 0.5) is 0 Å². The third-order valence-electron chi connectivity index (χ3n) is 4.43. The average molecular weight is 311 g/mol. The molecule has 1 aliphatic heterocycles. The van der Waals surface area contributed by atoms with Crippen molar-refractivity contribution in [2.24, 2.45) is 0 Å². The highest BCUT2D eigenvalue weighted by Crippen LogP contribution is 2.37. The number of halogens is 1. The molecule has 2 fully saturated rings. The number of nitrogens with zero attached hydrogens (tertiary/aromatic N) is 1. The lowest BCUT2D eigenvalue weighted by Gasteiger charge is -2.17. The summed E-state index contributed by atoms with van der Waals surface area (Å²) in [6, 6.07) is 5.34. The summed E-state index contributed by atoms with van der Waals surface area (Å²) in [6.45, 7) is 3.15. The second-order valence-electron chi connectivity index (χ2n) is 5.87. The molecule has 0 radical (unpaired) electrons. The van der Waals surface area contributed by atoms with Crippen molar-refractivity contribution in [3.05, 3.63) is 22.7 Å². The fourth-order valence-corrected chi connectivity index (χ4v) is 3.35. The highest BCUT2D eigenvalue weighted by Gasteiger charge is 2.34. The molecular formula is C16H23ClN2O2. The van der Waals surface area contributed by atoms with Gasteiger partial charge in [-0.05, 0) is 30.9 Å². The highest BCUT2D eigenvalue weighted by molar-refractivity contribution is 6.33. The first-order valence-electron chi connectivity index (χ1n) is 7.59. The molecule has 1 aromatic carbocycles. The predicted molar refractivity (Wildman–Crippen MR) is 84.4 cm³/mol. The summed E-state index contributed by atoms with van der Waals surface area (Å²) < 4.78 is 10.6. The molecule has 0 amide bonds. The van der Waals surface area contributed by atoms with Gasteiger partial charge in [-0.15, -0.1) is 0 Å². The maximum Gasteiger partial charge on any atom is 0.179 e. The number of ether oxygens (including phenoxy) is 2. The molecule has 21 heavy (non-hydrogen) atoms. The Morgan fingerprint density at radius 3 is 2.71 bits per heavy atom. The number of hydrogen-bond acceptors (Lipinski definition) is 4. The Hall–Kier alpha value is -0.970. The number of benzene rings is 1. The molecule has 1 aromatic rings. The van der Waals surface area contributed by atoms with Crippen molar-refractivity contribution >= 4 is 11.6 Å². The van der Waals surface area contributed by atoms with Crippen molar-refractivity contribution in [1.82, 2.24) is 10.2 Å². The summed E-state index contributed by atoms with van der Waals surface area (Å²) in [4.78, 5) is 2.61. The van der Waals surface area contributed by atoms with E-state index >= 15 is 0 Å². The van der Waals surface area contributed by atoms with Crippen molar-refractivity contribution in [2.45, 2.75) is 37.9 Å². The number of methoxy groups -OCH3 is 2. The molecule has 1 saturated carbocycles. The van der Waals surface area contributed by atoms with Gasteiger partial charge in [0.25, 0.3) is 0 Å². The van der Waals surface area contributed by atoms with Crippen molar-refractivity contribution in [1.29, 1.82) is 0 Å². The summed E-state index contributed by atoms with van der Waals surface area (Å²) in [5, 5.41) is 4.26. The minimum atomic E-state index is 0.565. The first kappa shape index (κ1) is 14.9. The van der Waals surface area contributed by atoms with Crippen LogP contribution in [0.2, 0.25) is 5.02 Å². The highest BCUT2D eigenvalue weighted by atomic mass is 35.5. The molecule has 0 spiro atoms. The Kier molecular flexibility index (Phi) is 4.57. The van der Waals surface area contributed by atoms with E-state index in [4.69, 9.17) is 21.1 Å². The molecule has 4 nitrogen and oxygen atoms in total. The Bertz CT molecular complexity index is 505. The lowest BCUT2D eigenvalue weighted by atomic mass is 10.1. The number of likely N-dealkylation sites (tertiary alicyclic amines) is 1. The molecule has 1 saturated heterocycles. The molecule has 2 aliphatic rings. The van der Waals surface area contributed by atoms with Crippen molar-refractivity contribution in [2.75, 3.05) is 27.3 Å². The zero-order chi connectivity index (χ0) is 14.8. The number of rotatable bonds is 6. The molecule has 5 heteroatoms. The smallest absolute Gasteiger partial charge is 0.179 e. The lowest BCUT2D eigenvalue weighted by Crippen LogP contribution is -2.32. The van der Waals surface area contributed by atoms with E-state index in [1.807, 2.05) is 12.1 Å². The molecule has 1 aliphatic carbocycles. The van der Waals surface area contributed by atoms with E-state index in [-0.39, 0.29) is 0 Å². The zero-order valence-corrected chi connectivity index (χ0v) is 13.4. The van der Waals surface area contributed by atoms with Crippen LogP contribution in [0.15, 0.2) is 12.1 Å². The van der Waals surface area contributed by atoms with Gasteiger partial charge in [0, 0.05) is 31.7 Å². The first-order chi connectivity index (χ1) is 10.2. The number of nitrogens with one attached hydrogen (secondary N) is 1. The molecule has 0 bridgehead atoms. The largest absolute Gasteiger partial charge is 0.493 e. The maximum absolute atomic E-state index is 6.41. The van der Waals surface area contributed by atoms with Gasteiger partial charge in [0.1, 0.15) is 0 Å². The minimum Gasteiger partial charge on any atom is -0.493 e. The van der Waals surface area contributed by atoms with Gasteiger partial charge in [-0.2, -0.15) is 0 Å². The van der Waals surface area contributed by atoms with Crippen LogP contribution >= 0.6 is 11.6 Å². The van der Waals surface area contributed by atoms with Gasteiger partial charge in [-0.3, -0.25) is 4.90 Å². The monoisotopic (exact) mass is 310 g/mol. The Balaban J connectivity index is 1.60. The van der Waals surface area contributed by atoms with E-state index in [9.17, 15) is 0 Å². The standard InChI is InChI=1S/C16H23ClN2O2/c1-20-14-6-3-11(15(17)16(14)21-2)9-18-12-7-8-19(10-12)13-4-5-13/h3,6,12-13,18H,4-5,7-10H2,1-2H3. The third kappa shape index (κ3) is 3.28. The van der Waals surface area contributed by atoms with Crippen LogP contribution in [0, 0.1) is 0 Å². The van der Waals surface area contributed by atoms with Gasteiger partial charge in [-0.1, -0.05) is 17.7 Å². The summed E-state index contributed by atoms with van der Waals surface area (Å²) in [5.74, 6) is 1.29. The van der Waals surface area contributed by atoms with Gasteiger partial charge in [0.2, 0.25) is 0 Å². The first-order valence-corrected chi connectivity index (χ1v) is 7.97. The molecule has 1 atom stereocenters. The normalized spacial score (nSPS) is 22.5. The van der Waals surface area contributed by atoms with Crippen LogP contribution in [0.25, 0.3) is 0 Å². The van der Waals surface area contributed by atoms with Gasteiger partial charge in [-0.25, -0.2) is 0 Å². The second kappa shape index (κ2) is 6.42. The molecule has 1 unspecified atom stereocenters. The fourth-order valence-electron chi connectivity index (χ4n) is 3.05. The second-order valence-corrected chi connectivity index (χ2v) is 6.24. The lowest BCUT2D eigenvalue weighted by molar-refractivity contribution is 0.317. The van der Waals surface area contributed by atoms with Crippen LogP contribution in [0.3, 0.4) is 0 Å². The predicted octanol–water partition coefficient (Wildman–Crippen LogP) is 2.68.